The quantitative estimate of drug-likeness (QED) is 0.241. The average molecular weight is 520 g/mol. The Hall–Kier alpha value is -2.86. The normalized spacial score (nSPS) is 16.0. The van der Waals surface area contributed by atoms with Crippen LogP contribution < -0.4 is 4.74 Å². The highest BCUT2D eigenvalue weighted by atomic mass is 35.5. The molecule has 0 radical (unpaired) electrons. The Morgan fingerprint density at radius 1 is 1.14 bits per heavy atom. The lowest BCUT2D eigenvalue weighted by Crippen LogP contribution is -2.21. The maximum atomic E-state index is 13.6. The van der Waals surface area contributed by atoms with Crippen molar-refractivity contribution in [1.82, 2.24) is 4.90 Å². The van der Waals surface area contributed by atoms with Crippen LogP contribution in [0, 0.1) is 12.8 Å². The average Bonchev–Trinajstić information content (AvgIpc) is 3.44. The number of rotatable bonds is 8. The summed E-state index contributed by atoms with van der Waals surface area (Å²) in [5.41, 5.74) is 2.68. The van der Waals surface area contributed by atoms with Crippen LogP contribution in [0.5, 0.6) is 17.2 Å². The molecule has 1 aliphatic heterocycles. The third-order valence-electron chi connectivity index (χ3n) is 6.87. The summed E-state index contributed by atoms with van der Waals surface area (Å²) in [7, 11) is 0. The van der Waals surface area contributed by atoms with Crippen LogP contribution in [-0.4, -0.2) is 35.4 Å². The number of aromatic hydroxyl groups is 1. The van der Waals surface area contributed by atoms with Crippen molar-refractivity contribution in [2.75, 3.05) is 19.6 Å². The van der Waals surface area contributed by atoms with Crippen molar-refractivity contribution in [2.45, 2.75) is 33.1 Å². The van der Waals surface area contributed by atoms with E-state index < -0.39 is 0 Å². The van der Waals surface area contributed by atoms with E-state index in [2.05, 4.69) is 24.0 Å². The van der Waals surface area contributed by atoms with Crippen molar-refractivity contribution in [1.29, 1.82) is 0 Å². The van der Waals surface area contributed by atoms with Crippen molar-refractivity contribution in [3.05, 3.63) is 87.3 Å². The number of carbonyl (C=O) groups is 1. The summed E-state index contributed by atoms with van der Waals surface area (Å²) in [6.07, 6.45) is 3.48. The fourth-order valence-electron chi connectivity index (χ4n) is 4.85. The second-order valence-corrected chi connectivity index (χ2v) is 11.3. The standard InChI is InChI=1S/C30H30ClNO3S/c1-19-13-15-32(18-19)14-3-4-21-6-10-24(11-7-21)35-29-25-12-9-23(33)17-27(25)36-30(29)28(34)26-16-22(31)8-5-20(26)2/h5-12,16-17,19,33H,3-4,13-15,18H2,1-2H3/t19-/m0/s1. The Balaban J connectivity index is 1.37. The maximum Gasteiger partial charge on any atom is 0.207 e. The van der Waals surface area contributed by atoms with E-state index in [1.54, 1.807) is 30.3 Å². The third-order valence-corrected chi connectivity index (χ3v) is 8.24. The van der Waals surface area contributed by atoms with Gasteiger partial charge in [0.25, 0.3) is 0 Å². The van der Waals surface area contributed by atoms with E-state index in [9.17, 15) is 9.90 Å². The van der Waals surface area contributed by atoms with E-state index in [4.69, 9.17) is 16.3 Å². The molecule has 1 N–H and O–H groups in total. The van der Waals surface area contributed by atoms with Crippen LogP contribution in [0.4, 0.5) is 0 Å². The van der Waals surface area contributed by atoms with Crippen molar-refractivity contribution in [3.63, 3.8) is 0 Å². The van der Waals surface area contributed by atoms with Gasteiger partial charge in [-0.05, 0) is 98.8 Å². The molecule has 0 saturated carbocycles. The molecule has 1 aromatic heterocycles. The Morgan fingerprint density at radius 3 is 2.69 bits per heavy atom. The van der Waals surface area contributed by atoms with Gasteiger partial charge in [0, 0.05) is 27.2 Å². The van der Waals surface area contributed by atoms with Crippen LogP contribution in [0.3, 0.4) is 0 Å². The highest BCUT2D eigenvalue weighted by Gasteiger charge is 2.24. The van der Waals surface area contributed by atoms with E-state index in [0.717, 1.165) is 41.0 Å². The number of aryl methyl sites for hydroxylation is 2. The van der Waals surface area contributed by atoms with Gasteiger partial charge < -0.3 is 14.7 Å². The van der Waals surface area contributed by atoms with Gasteiger partial charge in [0.05, 0.1) is 0 Å². The summed E-state index contributed by atoms with van der Waals surface area (Å²) in [5.74, 6) is 2.02. The van der Waals surface area contributed by atoms with Crippen molar-refractivity contribution in [3.8, 4) is 17.2 Å². The van der Waals surface area contributed by atoms with Gasteiger partial charge >= 0.3 is 0 Å². The monoisotopic (exact) mass is 519 g/mol. The molecule has 1 saturated heterocycles. The fourth-order valence-corrected chi connectivity index (χ4v) is 6.14. The summed E-state index contributed by atoms with van der Waals surface area (Å²) >= 11 is 7.51. The first kappa shape index (κ1) is 24.8. The molecule has 4 aromatic rings. The molecule has 3 aromatic carbocycles. The molecule has 1 fully saturated rings. The van der Waals surface area contributed by atoms with E-state index in [-0.39, 0.29) is 11.5 Å². The fraction of sp³-hybridized carbons (Fsp3) is 0.300. The van der Waals surface area contributed by atoms with Gasteiger partial charge in [-0.1, -0.05) is 36.7 Å². The van der Waals surface area contributed by atoms with Gasteiger partial charge in [0.2, 0.25) is 5.78 Å². The van der Waals surface area contributed by atoms with E-state index in [1.165, 1.54) is 36.4 Å². The lowest BCUT2D eigenvalue weighted by molar-refractivity contribution is 0.104. The largest absolute Gasteiger partial charge is 0.508 e. The Morgan fingerprint density at radius 2 is 1.94 bits per heavy atom. The molecular weight excluding hydrogens is 490 g/mol. The van der Waals surface area contributed by atoms with Crippen LogP contribution in [0.25, 0.3) is 10.1 Å². The summed E-state index contributed by atoms with van der Waals surface area (Å²) in [5, 5.41) is 11.3. The van der Waals surface area contributed by atoms with E-state index in [0.29, 0.717) is 27.0 Å². The number of hydrogen-bond acceptors (Lipinski definition) is 5. The first-order chi connectivity index (χ1) is 17.4. The van der Waals surface area contributed by atoms with Crippen molar-refractivity contribution >= 4 is 38.8 Å². The minimum absolute atomic E-state index is 0.140. The maximum absolute atomic E-state index is 13.6. The van der Waals surface area contributed by atoms with Crippen LogP contribution >= 0.6 is 22.9 Å². The second kappa shape index (κ2) is 10.6. The predicted molar refractivity (Wildman–Crippen MR) is 148 cm³/mol. The Kier molecular flexibility index (Phi) is 7.33. The topological polar surface area (TPSA) is 49.8 Å². The first-order valence-electron chi connectivity index (χ1n) is 12.4. The summed E-state index contributed by atoms with van der Waals surface area (Å²) in [6, 6.07) is 18.5. The van der Waals surface area contributed by atoms with Crippen molar-refractivity contribution in [2.24, 2.45) is 5.92 Å². The molecular formula is C30H30ClNO3S. The highest BCUT2D eigenvalue weighted by molar-refractivity contribution is 7.21. The predicted octanol–water partition coefficient (Wildman–Crippen LogP) is 7.87. The number of carbonyl (C=O) groups excluding carboxylic acids is 1. The van der Waals surface area contributed by atoms with Gasteiger partial charge in [-0.2, -0.15) is 0 Å². The molecule has 6 heteroatoms. The molecule has 0 amide bonds. The van der Waals surface area contributed by atoms with Crippen LogP contribution in [0.2, 0.25) is 5.02 Å². The number of fused-ring (bicyclic) bond motifs is 1. The molecule has 0 spiro atoms. The molecule has 4 nitrogen and oxygen atoms in total. The molecule has 0 unspecified atom stereocenters. The molecule has 0 bridgehead atoms. The zero-order chi connectivity index (χ0) is 25.2. The summed E-state index contributed by atoms with van der Waals surface area (Å²) in [4.78, 5) is 16.6. The Labute approximate surface area is 221 Å². The number of thiophene rings is 1. The number of ether oxygens (including phenoxy) is 1. The second-order valence-electron chi connectivity index (χ2n) is 9.77. The van der Waals surface area contributed by atoms with Gasteiger partial charge in [-0.25, -0.2) is 0 Å². The zero-order valence-corrected chi connectivity index (χ0v) is 22.2. The molecule has 36 heavy (non-hydrogen) atoms. The van der Waals surface area contributed by atoms with Crippen LogP contribution in [0.1, 0.15) is 46.1 Å². The van der Waals surface area contributed by atoms with Gasteiger partial charge in [-0.3, -0.25) is 4.79 Å². The molecule has 1 aliphatic rings. The number of nitrogens with zero attached hydrogens (tertiary/aromatic N) is 1. The number of benzene rings is 3. The minimum Gasteiger partial charge on any atom is -0.508 e. The molecule has 2 heterocycles. The third kappa shape index (κ3) is 5.44. The lowest BCUT2D eigenvalue weighted by Gasteiger charge is -2.15. The summed E-state index contributed by atoms with van der Waals surface area (Å²) < 4.78 is 7.13. The van der Waals surface area contributed by atoms with E-state index in [1.807, 2.05) is 25.1 Å². The number of hydrogen-bond donors (Lipinski definition) is 1. The van der Waals surface area contributed by atoms with Crippen molar-refractivity contribution < 1.29 is 14.6 Å². The molecule has 1 atom stereocenters. The Bertz CT molecular complexity index is 1400. The number of phenolic OH excluding ortho intramolecular Hbond substituents is 1. The van der Waals surface area contributed by atoms with Gasteiger partial charge in [-0.15, -0.1) is 11.3 Å². The molecule has 0 aliphatic carbocycles. The lowest BCUT2D eigenvalue weighted by atomic mass is 10.0. The van der Waals surface area contributed by atoms with Gasteiger partial charge in [0.15, 0.2) is 5.75 Å². The van der Waals surface area contributed by atoms with E-state index >= 15 is 0 Å². The number of phenols is 1. The smallest absolute Gasteiger partial charge is 0.207 e. The van der Waals surface area contributed by atoms with Crippen LogP contribution in [-0.2, 0) is 6.42 Å². The van der Waals surface area contributed by atoms with Gasteiger partial charge in [0.1, 0.15) is 16.4 Å². The summed E-state index contributed by atoms with van der Waals surface area (Å²) in [6.45, 7) is 7.80. The zero-order valence-electron chi connectivity index (χ0n) is 20.6. The van der Waals surface area contributed by atoms with Crippen LogP contribution in [0.15, 0.2) is 60.7 Å². The number of likely N-dealkylation sites (tertiary alicyclic amines) is 1. The first-order valence-corrected chi connectivity index (χ1v) is 13.6. The molecule has 5 rings (SSSR count). The minimum atomic E-state index is -0.140. The SMILES string of the molecule is Cc1ccc(Cl)cc1C(=O)c1sc2cc(O)ccc2c1Oc1ccc(CCCN2CC[C@H](C)C2)cc1. The highest BCUT2D eigenvalue weighted by Crippen LogP contribution is 2.43. The molecule has 186 valence electrons. The number of halogens is 1. The number of ketones is 1.